The molecule has 2 aliphatic carbocycles. The van der Waals surface area contributed by atoms with Crippen LogP contribution in [0.1, 0.15) is 25.7 Å². The van der Waals surface area contributed by atoms with Gasteiger partial charge in [0.15, 0.2) is 5.11 Å². The molecule has 5 rings (SSSR count). The van der Waals surface area contributed by atoms with E-state index in [-0.39, 0.29) is 0 Å². The smallest absolute Gasteiger partial charge is 0.172 e. The summed E-state index contributed by atoms with van der Waals surface area (Å²) in [5.74, 6) is 2.41. The Balaban J connectivity index is 1.28. The van der Waals surface area contributed by atoms with Crippen LogP contribution in [0, 0.1) is 11.8 Å². The van der Waals surface area contributed by atoms with Crippen molar-refractivity contribution in [3.63, 3.8) is 0 Å². The number of anilines is 1. The molecule has 3 aromatic heterocycles. The van der Waals surface area contributed by atoms with Gasteiger partial charge in [-0.3, -0.25) is 9.67 Å². The van der Waals surface area contributed by atoms with E-state index < -0.39 is 0 Å². The van der Waals surface area contributed by atoms with E-state index in [0.717, 1.165) is 52.9 Å². The van der Waals surface area contributed by atoms with Gasteiger partial charge in [-0.1, -0.05) is 6.42 Å². The maximum Gasteiger partial charge on any atom is 0.172 e. The molecule has 0 saturated heterocycles. The summed E-state index contributed by atoms with van der Waals surface area (Å²) in [5, 5.41) is 11.9. The maximum absolute atomic E-state index is 5.57. The minimum absolute atomic E-state index is 0.511. The molecular weight excluding hydrogens is 406 g/mol. The van der Waals surface area contributed by atoms with E-state index in [2.05, 4.69) is 52.0 Å². The van der Waals surface area contributed by atoms with Gasteiger partial charge in [-0.05, 0) is 75.6 Å². The second kappa shape index (κ2) is 8.51. The van der Waals surface area contributed by atoms with Crippen LogP contribution in [0.15, 0.2) is 36.8 Å². The number of aromatic nitrogens is 4. The van der Waals surface area contributed by atoms with Crippen molar-refractivity contribution < 1.29 is 0 Å². The second-order valence-electron chi connectivity index (χ2n) is 9.13. The molecule has 2 aliphatic rings. The first-order valence-electron chi connectivity index (χ1n) is 11.1. The van der Waals surface area contributed by atoms with Crippen LogP contribution < -0.4 is 10.6 Å². The Bertz CT molecular complexity index is 1090. The number of nitrogens with zero attached hydrogens (tertiary/aromatic N) is 5. The van der Waals surface area contributed by atoms with Crippen LogP contribution in [0.3, 0.4) is 0 Å². The normalized spacial score (nSPS) is 22.4. The quantitative estimate of drug-likeness (QED) is 0.574. The fourth-order valence-corrected chi connectivity index (χ4v) is 5.17. The third-order valence-corrected chi connectivity index (χ3v) is 6.80. The van der Waals surface area contributed by atoms with Crippen molar-refractivity contribution in [2.45, 2.75) is 38.3 Å². The number of pyridine rings is 2. The first-order chi connectivity index (χ1) is 15.0. The van der Waals surface area contributed by atoms with E-state index in [1.54, 1.807) is 0 Å². The van der Waals surface area contributed by atoms with E-state index in [4.69, 9.17) is 17.2 Å². The molecule has 8 heteroatoms. The molecule has 0 unspecified atom stereocenters. The number of hydrogen-bond acceptors (Lipinski definition) is 5. The first-order valence-corrected chi connectivity index (χ1v) is 11.5. The van der Waals surface area contributed by atoms with Gasteiger partial charge in [-0.25, -0.2) is 4.98 Å². The molecule has 0 amide bonds. The molecule has 2 N–H and O–H groups in total. The van der Waals surface area contributed by atoms with Gasteiger partial charge >= 0.3 is 0 Å². The van der Waals surface area contributed by atoms with Crippen molar-refractivity contribution in [3.8, 4) is 11.1 Å². The third kappa shape index (κ3) is 4.55. The Morgan fingerprint density at radius 1 is 1.16 bits per heavy atom. The molecule has 3 atom stereocenters. The summed E-state index contributed by atoms with van der Waals surface area (Å²) < 4.78 is 1.96. The van der Waals surface area contributed by atoms with Crippen LogP contribution in [0.2, 0.25) is 0 Å². The number of likely N-dealkylation sites (N-methyl/N-ethyl adjacent to an activating group) is 1. The molecule has 162 valence electrons. The Labute approximate surface area is 188 Å². The van der Waals surface area contributed by atoms with E-state index in [9.17, 15) is 0 Å². The standard InChI is InChI=1S/C23H29N7S/c1-29(2)7-8-30-14-18(13-25-30)17-11-21-19(24-12-17)5-6-22(26-21)28-23(31)27-20-10-15-3-4-16(20)9-15/h5-6,11-16,20H,3-4,7-10H2,1-2H3,(H2,26,27,28,31)/t15-,16+,20+/m0/s1. The van der Waals surface area contributed by atoms with Gasteiger partial charge in [0, 0.05) is 36.1 Å². The van der Waals surface area contributed by atoms with Gasteiger partial charge in [0.05, 0.1) is 23.8 Å². The summed E-state index contributed by atoms with van der Waals surface area (Å²) in [6.07, 6.45) is 11.1. The SMILES string of the molecule is CN(C)CCn1cc(-c2cnc3ccc(NC(=S)N[C@@H]4C[C@H]5CC[C@@H]4C5)nc3c2)cn1. The zero-order valence-electron chi connectivity index (χ0n) is 18.1. The predicted molar refractivity (Wildman–Crippen MR) is 128 cm³/mol. The van der Waals surface area contributed by atoms with Crippen LogP contribution in [0.5, 0.6) is 0 Å². The van der Waals surface area contributed by atoms with Crippen LogP contribution in [-0.4, -0.2) is 56.4 Å². The molecule has 0 aromatic carbocycles. The number of rotatable bonds is 6. The average molecular weight is 436 g/mol. The van der Waals surface area contributed by atoms with Crippen LogP contribution >= 0.6 is 12.2 Å². The minimum atomic E-state index is 0.511. The Morgan fingerprint density at radius 3 is 2.84 bits per heavy atom. The highest BCUT2D eigenvalue weighted by Crippen LogP contribution is 2.44. The fourth-order valence-electron chi connectivity index (χ4n) is 4.91. The second-order valence-corrected chi connectivity index (χ2v) is 9.54. The van der Waals surface area contributed by atoms with Gasteiger partial charge in [-0.2, -0.15) is 5.10 Å². The molecular formula is C23H29N7S. The van der Waals surface area contributed by atoms with Gasteiger partial charge in [0.2, 0.25) is 0 Å². The molecule has 0 radical (unpaired) electrons. The topological polar surface area (TPSA) is 70.9 Å². The van der Waals surface area contributed by atoms with Crippen molar-refractivity contribution in [3.05, 3.63) is 36.8 Å². The first kappa shape index (κ1) is 20.3. The largest absolute Gasteiger partial charge is 0.359 e. The number of hydrogen-bond donors (Lipinski definition) is 2. The lowest BCUT2D eigenvalue weighted by Gasteiger charge is -2.24. The molecule has 0 aliphatic heterocycles. The van der Waals surface area contributed by atoms with Gasteiger partial charge < -0.3 is 15.5 Å². The molecule has 2 saturated carbocycles. The summed E-state index contributed by atoms with van der Waals surface area (Å²) in [4.78, 5) is 11.5. The highest BCUT2D eigenvalue weighted by molar-refractivity contribution is 7.80. The van der Waals surface area contributed by atoms with Crippen LogP contribution in [-0.2, 0) is 6.54 Å². The minimum Gasteiger partial charge on any atom is -0.359 e. The molecule has 31 heavy (non-hydrogen) atoms. The van der Waals surface area contributed by atoms with Crippen LogP contribution in [0.25, 0.3) is 22.2 Å². The van der Waals surface area contributed by atoms with Crippen molar-refractivity contribution in [1.82, 2.24) is 30.0 Å². The fraction of sp³-hybridized carbons (Fsp3) is 0.478. The maximum atomic E-state index is 5.57. The van der Waals surface area contributed by atoms with Crippen molar-refractivity contribution in [1.29, 1.82) is 0 Å². The highest BCUT2D eigenvalue weighted by atomic mass is 32.1. The van der Waals surface area contributed by atoms with Crippen molar-refractivity contribution in [2.24, 2.45) is 11.8 Å². The Hall–Kier alpha value is -2.58. The van der Waals surface area contributed by atoms with Gasteiger partial charge in [0.25, 0.3) is 0 Å². The summed E-state index contributed by atoms with van der Waals surface area (Å²) >= 11 is 5.57. The highest BCUT2D eigenvalue weighted by Gasteiger charge is 2.39. The van der Waals surface area contributed by atoms with Gasteiger partial charge in [0.1, 0.15) is 5.82 Å². The zero-order chi connectivity index (χ0) is 21.4. The zero-order valence-corrected chi connectivity index (χ0v) is 18.9. The van der Waals surface area contributed by atoms with E-state index in [1.165, 1.54) is 25.7 Å². The lowest BCUT2D eigenvalue weighted by Crippen LogP contribution is -2.40. The monoisotopic (exact) mass is 435 g/mol. The molecule has 0 spiro atoms. The number of thiocarbonyl (C=S) groups is 1. The van der Waals surface area contributed by atoms with Crippen molar-refractivity contribution in [2.75, 3.05) is 26.0 Å². The molecule has 7 nitrogen and oxygen atoms in total. The number of fused-ring (bicyclic) bond motifs is 3. The average Bonchev–Trinajstić information content (AvgIpc) is 3.49. The molecule has 2 fully saturated rings. The lowest BCUT2D eigenvalue weighted by molar-refractivity contribution is 0.373. The molecule has 3 heterocycles. The van der Waals surface area contributed by atoms with E-state index in [0.29, 0.717) is 11.2 Å². The molecule has 3 aromatic rings. The van der Waals surface area contributed by atoms with Crippen LogP contribution in [0.4, 0.5) is 5.82 Å². The van der Waals surface area contributed by atoms with Gasteiger partial charge in [-0.15, -0.1) is 0 Å². The van der Waals surface area contributed by atoms with Crippen molar-refractivity contribution >= 4 is 34.2 Å². The summed E-state index contributed by atoms with van der Waals surface area (Å²) in [6, 6.07) is 6.49. The summed E-state index contributed by atoms with van der Waals surface area (Å²) in [6.45, 7) is 1.80. The summed E-state index contributed by atoms with van der Waals surface area (Å²) in [5.41, 5.74) is 3.75. The predicted octanol–water partition coefficient (Wildman–Crippen LogP) is 3.53. The number of nitrogens with one attached hydrogen (secondary N) is 2. The molecule has 2 bridgehead atoms. The Morgan fingerprint density at radius 2 is 2.06 bits per heavy atom. The van der Waals surface area contributed by atoms with E-state index >= 15 is 0 Å². The Kier molecular flexibility index (Phi) is 5.58. The third-order valence-electron chi connectivity index (χ3n) is 6.58. The summed E-state index contributed by atoms with van der Waals surface area (Å²) in [7, 11) is 4.13. The lowest BCUT2D eigenvalue weighted by atomic mass is 9.96. The van der Waals surface area contributed by atoms with E-state index in [1.807, 2.05) is 29.2 Å².